The summed E-state index contributed by atoms with van der Waals surface area (Å²) in [6.45, 7) is -0.0587. The van der Waals surface area contributed by atoms with Gasteiger partial charge in [0.25, 0.3) is 0 Å². The van der Waals surface area contributed by atoms with Crippen molar-refractivity contribution in [3.63, 3.8) is 0 Å². The van der Waals surface area contributed by atoms with Crippen molar-refractivity contribution < 1.29 is 44.6 Å². The largest absolute Gasteiger partial charge is 0.460 e. The Hall–Kier alpha value is -0.670. The average Bonchev–Trinajstić information content (AvgIpc) is 2.35. The third-order valence-electron chi connectivity index (χ3n) is 3.11. The van der Waals surface area contributed by atoms with Crippen molar-refractivity contribution in [1.29, 1.82) is 0 Å². The highest BCUT2D eigenvalue weighted by Gasteiger charge is 2.81. The number of alkyl halides is 9. The molecule has 0 atom stereocenters. The lowest BCUT2D eigenvalue weighted by atomic mass is 9.98. The SMILES string of the molecule is OCCCCCCCCC(F)(F)C(F)(F)C(F)(F)C(F)(F)F. The number of rotatable bonds is 10. The molecular formula is C12H17F9O. The van der Waals surface area contributed by atoms with Crippen LogP contribution in [0, 0.1) is 0 Å². The van der Waals surface area contributed by atoms with Crippen molar-refractivity contribution in [1.82, 2.24) is 0 Å². The topological polar surface area (TPSA) is 20.2 Å². The molecule has 0 amide bonds. The van der Waals surface area contributed by atoms with Crippen LogP contribution >= 0.6 is 0 Å². The van der Waals surface area contributed by atoms with Gasteiger partial charge < -0.3 is 5.11 Å². The molecule has 0 heterocycles. The summed E-state index contributed by atoms with van der Waals surface area (Å²) in [6.07, 6.45) is -7.22. The summed E-state index contributed by atoms with van der Waals surface area (Å²) in [7, 11) is 0. The van der Waals surface area contributed by atoms with Gasteiger partial charge in [-0.2, -0.15) is 39.5 Å². The third-order valence-corrected chi connectivity index (χ3v) is 3.11. The molecule has 0 aliphatic carbocycles. The van der Waals surface area contributed by atoms with E-state index in [-0.39, 0.29) is 13.0 Å². The van der Waals surface area contributed by atoms with Gasteiger partial charge in [0.05, 0.1) is 0 Å². The Morgan fingerprint density at radius 3 is 1.36 bits per heavy atom. The zero-order valence-electron chi connectivity index (χ0n) is 11.5. The van der Waals surface area contributed by atoms with E-state index in [1.54, 1.807) is 0 Å². The first kappa shape index (κ1) is 21.3. The van der Waals surface area contributed by atoms with E-state index in [1.165, 1.54) is 0 Å². The molecule has 0 aliphatic rings. The van der Waals surface area contributed by atoms with Crippen LogP contribution < -0.4 is 0 Å². The van der Waals surface area contributed by atoms with Crippen molar-refractivity contribution >= 4 is 0 Å². The lowest BCUT2D eigenvalue weighted by Crippen LogP contribution is -2.60. The maximum Gasteiger partial charge on any atom is 0.460 e. The Labute approximate surface area is 121 Å². The minimum Gasteiger partial charge on any atom is -0.396 e. The Morgan fingerprint density at radius 2 is 0.955 bits per heavy atom. The summed E-state index contributed by atoms with van der Waals surface area (Å²) in [6, 6.07) is 0. The number of halogens is 9. The van der Waals surface area contributed by atoms with E-state index in [0.717, 1.165) is 0 Å². The molecule has 0 aromatic carbocycles. The molecule has 0 saturated carbocycles. The van der Waals surface area contributed by atoms with Gasteiger partial charge in [-0.25, -0.2) is 0 Å². The lowest BCUT2D eigenvalue weighted by Gasteiger charge is -2.33. The van der Waals surface area contributed by atoms with Crippen molar-refractivity contribution in [3.8, 4) is 0 Å². The summed E-state index contributed by atoms with van der Waals surface area (Å²) in [5.74, 6) is -18.8. The Balaban J connectivity index is 4.53. The first-order chi connectivity index (χ1) is 9.81. The molecule has 22 heavy (non-hydrogen) atoms. The highest BCUT2D eigenvalue weighted by atomic mass is 19.4. The van der Waals surface area contributed by atoms with Crippen molar-refractivity contribution in [2.75, 3.05) is 6.61 Å². The first-order valence-electron chi connectivity index (χ1n) is 6.62. The van der Waals surface area contributed by atoms with Gasteiger partial charge in [-0.1, -0.05) is 25.7 Å². The predicted octanol–water partition coefficient (Wildman–Crippen LogP) is 5.18. The molecule has 0 bridgehead atoms. The molecule has 0 spiro atoms. The molecule has 10 heteroatoms. The average molecular weight is 348 g/mol. The Kier molecular flexibility index (Phi) is 7.50. The number of unbranched alkanes of at least 4 members (excludes halogenated alkanes) is 5. The fourth-order valence-electron chi connectivity index (χ4n) is 1.73. The fraction of sp³-hybridized carbons (Fsp3) is 1.00. The van der Waals surface area contributed by atoms with Crippen LogP contribution in [0.15, 0.2) is 0 Å². The van der Waals surface area contributed by atoms with Gasteiger partial charge in [-0.3, -0.25) is 0 Å². The highest BCUT2D eigenvalue weighted by Crippen LogP contribution is 2.54. The molecule has 0 saturated heterocycles. The molecule has 134 valence electrons. The summed E-state index contributed by atoms with van der Waals surface area (Å²) in [5, 5.41) is 8.46. The normalized spacial score (nSPS) is 14.5. The molecule has 0 fully saturated rings. The second-order valence-corrected chi connectivity index (χ2v) is 4.95. The van der Waals surface area contributed by atoms with Gasteiger partial charge in [0.2, 0.25) is 0 Å². The van der Waals surface area contributed by atoms with Crippen LogP contribution in [-0.4, -0.2) is 35.7 Å². The van der Waals surface area contributed by atoms with E-state index in [4.69, 9.17) is 5.11 Å². The van der Waals surface area contributed by atoms with Crippen LogP contribution in [0.25, 0.3) is 0 Å². The molecule has 0 aliphatic heterocycles. The standard InChI is InChI=1S/C12H17F9O/c13-9(14,7-5-3-1-2-4-6-8-22)10(15,16)11(17,18)12(19,20)21/h22H,1-8H2. The molecule has 0 radical (unpaired) electrons. The Morgan fingerprint density at radius 1 is 0.545 bits per heavy atom. The summed E-state index contributed by atoms with van der Waals surface area (Å²) < 4.78 is 113. The van der Waals surface area contributed by atoms with E-state index in [0.29, 0.717) is 25.7 Å². The second kappa shape index (κ2) is 7.74. The lowest BCUT2D eigenvalue weighted by molar-refractivity contribution is -0.396. The Bertz CT molecular complexity index is 325. The number of aliphatic hydroxyl groups excluding tert-OH is 1. The van der Waals surface area contributed by atoms with E-state index >= 15 is 0 Å². The van der Waals surface area contributed by atoms with Crippen molar-refractivity contribution in [2.45, 2.75) is 68.9 Å². The molecule has 0 aromatic heterocycles. The minimum absolute atomic E-state index is 0.00527. The summed E-state index contributed by atoms with van der Waals surface area (Å²) >= 11 is 0. The number of aliphatic hydroxyl groups is 1. The molecule has 0 unspecified atom stereocenters. The van der Waals surface area contributed by atoms with Crippen molar-refractivity contribution in [2.24, 2.45) is 0 Å². The van der Waals surface area contributed by atoms with Gasteiger partial charge in [-0.15, -0.1) is 0 Å². The zero-order chi connectivity index (χ0) is 17.7. The fourth-order valence-corrected chi connectivity index (χ4v) is 1.73. The van der Waals surface area contributed by atoms with Crippen LogP contribution in [0.5, 0.6) is 0 Å². The van der Waals surface area contributed by atoms with Crippen LogP contribution in [-0.2, 0) is 0 Å². The highest BCUT2D eigenvalue weighted by molar-refractivity contribution is 5.00. The van der Waals surface area contributed by atoms with E-state index < -0.39 is 36.8 Å². The van der Waals surface area contributed by atoms with Gasteiger partial charge in [0, 0.05) is 13.0 Å². The second-order valence-electron chi connectivity index (χ2n) is 4.95. The van der Waals surface area contributed by atoms with E-state index in [9.17, 15) is 39.5 Å². The van der Waals surface area contributed by atoms with Crippen LogP contribution in [0.1, 0.15) is 44.9 Å². The number of hydrogen-bond acceptors (Lipinski definition) is 1. The van der Waals surface area contributed by atoms with Crippen LogP contribution in [0.3, 0.4) is 0 Å². The number of hydrogen-bond donors (Lipinski definition) is 1. The van der Waals surface area contributed by atoms with Gasteiger partial charge in [0.15, 0.2) is 0 Å². The zero-order valence-corrected chi connectivity index (χ0v) is 11.5. The van der Waals surface area contributed by atoms with Crippen LogP contribution in [0.4, 0.5) is 39.5 Å². The summed E-state index contributed by atoms with van der Waals surface area (Å²) in [4.78, 5) is 0. The maximum absolute atomic E-state index is 13.1. The van der Waals surface area contributed by atoms with E-state index in [2.05, 4.69) is 0 Å². The third kappa shape index (κ3) is 4.92. The monoisotopic (exact) mass is 348 g/mol. The van der Waals surface area contributed by atoms with Gasteiger partial charge >= 0.3 is 23.9 Å². The maximum atomic E-state index is 13.1. The minimum atomic E-state index is -6.80. The van der Waals surface area contributed by atoms with Crippen molar-refractivity contribution in [3.05, 3.63) is 0 Å². The van der Waals surface area contributed by atoms with E-state index in [1.807, 2.05) is 0 Å². The quantitative estimate of drug-likeness (QED) is 0.426. The molecule has 1 N–H and O–H groups in total. The van der Waals surface area contributed by atoms with Gasteiger partial charge in [-0.05, 0) is 12.8 Å². The predicted molar refractivity (Wildman–Crippen MR) is 60.3 cm³/mol. The molecule has 1 nitrogen and oxygen atoms in total. The first-order valence-corrected chi connectivity index (χ1v) is 6.62. The smallest absolute Gasteiger partial charge is 0.396 e. The molecule has 0 aromatic rings. The summed E-state index contributed by atoms with van der Waals surface area (Å²) in [5.41, 5.74) is 0. The van der Waals surface area contributed by atoms with Crippen LogP contribution in [0.2, 0.25) is 0 Å². The molecule has 0 rings (SSSR count). The van der Waals surface area contributed by atoms with Gasteiger partial charge in [0.1, 0.15) is 0 Å². The molecular weight excluding hydrogens is 331 g/mol.